The number of aliphatic hydroxyl groups excluding tert-OH is 1. The van der Waals surface area contributed by atoms with Crippen LogP contribution in [0.15, 0.2) is 24.3 Å². The molecule has 1 aliphatic heterocycles. The quantitative estimate of drug-likeness (QED) is 0.801. The largest absolute Gasteiger partial charge is 0.444 e. The minimum atomic E-state index is -0.752. The summed E-state index contributed by atoms with van der Waals surface area (Å²) in [5.41, 5.74) is 2.35. The van der Waals surface area contributed by atoms with Gasteiger partial charge < -0.3 is 9.84 Å². The zero-order valence-corrected chi connectivity index (χ0v) is 13.6. The van der Waals surface area contributed by atoms with Gasteiger partial charge in [-0.2, -0.15) is 0 Å². The van der Waals surface area contributed by atoms with E-state index in [9.17, 15) is 9.90 Å². The third-order valence-corrected chi connectivity index (χ3v) is 4.74. The molecule has 4 nitrogen and oxygen atoms in total. The summed E-state index contributed by atoms with van der Waals surface area (Å²) >= 11 is 0. The molecule has 4 heteroatoms. The molecular formula is C18H25NO3. The van der Waals surface area contributed by atoms with E-state index in [1.54, 1.807) is 0 Å². The monoisotopic (exact) mass is 303 g/mol. The molecular weight excluding hydrogens is 278 g/mol. The first-order valence-electron chi connectivity index (χ1n) is 8.03. The second-order valence-electron chi connectivity index (χ2n) is 7.73. The van der Waals surface area contributed by atoms with E-state index in [1.165, 1.54) is 16.0 Å². The number of hydrogen-bond donors (Lipinski definition) is 1. The van der Waals surface area contributed by atoms with Crippen molar-refractivity contribution in [2.75, 3.05) is 6.54 Å². The minimum absolute atomic E-state index is 0.0988. The number of aliphatic hydroxyl groups is 1. The van der Waals surface area contributed by atoms with Crippen LogP contribution in [-0.4, -0.2) is 34.5 Å². The van der Waals surface area contributed by atoms with Crippen molar-refractivity contribution < 1.29 is 14.6 Å². The van der Waals surface area contributed by atoms with E-state index >= 15 is 0 Å². The first kappa shape index (κ1) is 15.3. The first-order valence-corrected chi connectivity index (χ1v) is 8.03. The Kier molecular flexibility index (Phi) is 3.68. The molecule has 1 heterocycles. The Hall–Kier alpha value is -1.55. The molecule has 1 atom stereocenters. The summed E-state index contributed by atoms with van der Waals surface area (Å²) in [5, 5.41) is 10.5. The molecule has 1 aromatic carbocycles. The van der Waals surface area contributed by atoms with Gasteiger partial charge in [0.15, 0.2) is 0 Å². The van der Waals surface area contributed by atoms with Crippen LogP contribution in [0.1, 0.15) is 44.7 Å². The number of carbonyl (C=O) groups is 1. The second-order valence-corrected chi connectivity index (χ2v) is 7.73. The molecule has 120 valence electrons. The maximum atomic E-state index is 12.2. The van der Waals surface area contributed by atoms with Crippen LogP contribution in [0.5, 0.6) is 0 Å². The Balaban J connectivity index is 1.68. The van der Waals surface area contributed by atoms with Gasteiger partial charge in [-0.15, -0.1) is 0 Å². The van der Waals surface area contributed by atoms with Crippen LogP contribution in [-0.2, 0) is 17.6 Å². The minimum Gasteiger partial charge on any atom is -0.444 e. The van der Waals surface area contributed by atoms with Crippen molar-refractivity contribution in [2.45, 2.75) is 58.3 Å². The fourth-order valence-corrected chi connectivity index (χ4v) is 3.73. The summed E-state index contributed by atoms with van der Waals surface area (Å²) in [7, 11) is 0. The van der Waals surface area contributed by atoms with Crippen molar-refractivity contribution in [1.82, 2.24) is 4.90 Å². The number of nitrogens with zero attached hydrogens (tertiary/aromatic N) is 1. The van der Waals surface area contributed by atoms with Crippen molar-refractivity contribution in [3.05, 3.63) is 35.4 Å². The van der Waals surface area contributed by atoms with Gasteiger partial charge in [-0.05, 0) is 63.0 Å². The smallest absolute Gasteiger partial charge is 0.412 e. The SMILES string of the molecule is CC(C)(C)OC(=O)N1CCC2(Cc3ccccc3C2)CC1O. The maximum absolute atomic E-state index is 12.2. The van der Waals surface area contributed by atoms with Crippen molar-refractivity contribution in [2.24, 2.45) is 5.41 Å². The summed E-state index contributed by atoms with van der Waals surface area (Å²) in [6, 6.07) is 8.50. The van der Waals surface area contributed by atoms with Crippen molar-refractivity contribution >= 4 is 6.09 Å². The Bertz CT molecular complexity index is 551. The van der Waals surface area contributed by atoms with Crippen LogP contribution in [0.4, 0.5) is 4.79 Å². The lowest BCUT2D eigenvalue weighted by atomic mass is 9.75. The van der Waals surface area contributed by atoms with Gasteiger partial charge in [0.2, 0.25) is 0 Å². The van der Waals surface area contributed by atoms with Crippen LogP contribution >= 0.6 is 0 Å². The highest BCUT2D eigenvalue weighted by molar-refractivity contribution is 5.68. The summed E-state index contributed by atoms with van der Waals surface area (Å²) in [4.78, 5) is 13.7. The fraction of sp³-hybridized carbons (Fsp3) is 0.611. The summed E-state index contributed by atoms with van der Waals surface area (Å²) in [6.07, 6.45) is 2.38. The van der Waals surface area contributed by atoms with Gasteiger partial charge in [0.25, 0.3) is 0 Å². The molecule has 1 unspecified atom stereocenters. The first-order chi connectivity index (χ1) is 10.3. The number of ether oxygens (including phenoxy) is 1. The van der Waals surface area contributed by atoms with E-state index in [0.29, 0.717) is 13.0 Å². The molecule has 1 aromatic rings. The topological polar surface area (TPSA) is 49.8 Å². The van der Waals surface area contributed by atoms with Crippen molar-refractivity contribution in [3.63, 3.8) is 0 Å². The van der Waals surface area contributed by atoms with E-state index in [1.807, 2.05) is 20.8 Å². The molecule has 2 aliphatic rings. The maximum Gasteiger partial charge on any atom is 0.412 e. The number of piperidine rings is 1. The van der Waals surface area contributed by atoms with Gasteiger partial charge in [0, 0.05) is 6.54 Å². The zero-order chi connectivity index (χ0) is 16.0. The summed E-state index contributed by atoms with van der Waals surface area (Å²) < 4.78 is 5.39. The average molecular weight is 303 g/mol. The predicted molar refractivity (Wildman–Crippen MR) is 84.5 cm³/mol. The highest BCUT2D eigenvalue weighted by Crippen LogP contribution is 2.46. The van der Waals surface area contributed by atoms with Gasteiger partial charge in [-0.1, -0.05) is 24.3 Å². The molecule has 22 heavy (non-hydrogen) atoms. The van der Waals surface area contributed by atoms with Crippen LogP contribution in [0.3, 0.4) is 0 Å². The molecule has 0 bridgehead atoms. The normalized spacial score (nSPS) is 23.5. The summed E-state index contributed by atoms with van der Waals surface area (Å²) in [6.45, 7) is 6.09. The van der Waals surface area contributed by atoms with Crippen LogP contribution in [0.25, 0.3) is 0 Å². The number of fused-ring (bicyclic) bond motifs is 1. The van der Waals surface area contributed by atoms with Crippen LogP contribution < -0.4 is 0 Å². The third-order valence-electron chi connectivity index (χ3n) is 4.74. The summed E-state index contributed by atoms with van der Waals surface area (Å²) in [5.74, 6) is 0. The van der Waals surface area contributed by atoms with Gasteiger partial charge >= 0.3 is 6.09 Å². The van der Waals surface area contributed by atoms with E-state index in [0.717, 1.165) is 19.3 Å². The predicted octanol–water partition coefficient (Wildman–Crippen LogP) is 3.12. The molecule has 0 saturated carbocycles. The van der Waals surface area contributed by atoms with E-state index in [4.69, 9.17) is 4.74 Å². The molecule has 3 rings (SSSR count). The van der Waals surface area contributed by atoms with Gasteiger partial charge in [0.05, 0.1) is 0 Å². The molecule has 1 fully saturated rings. The molecule has 1 N–H and O–H groups in total. The number of rotatable bonds is 0. The van der Waals surface area contributed by atoms with Gasteiger partial charge in [-0.3, -0.25) is 4.90 Å². The highest BCUT2D eigenvalue weighted by atomic mass is 16.6. The third kappa shape index (κ3) is 2.98. The molecule has 1 spiro atoms. The van der Waals surface area contributed by atoms with Gasteiger partial charge in [-0.25, -0.2) is 4.79 Å². The number of carbonyl (C=O) groups excluding carboxylic acids is 1. The van der Waals surface area contributed by atoms with Crippen LogP contribution in [0.2, 0.25) is 0 Å². The molecule has 1 aliphatic carbocycles. The number of amides is 1. The fourth-order valence-electron chi connectivity index (χ4n) is 3.73. The van der Waals surface area contributed by atoms with Crippen molar-refractivity contribution in [1.29, 1.82) is 0 Å². The van der Waals surface area contributed by atoms with Crippen molar-refractivity contribution in [3.8, 4) is 0 Å². The average Bonchev–Trinajstić information content (AvgIpc) is 2.73. The Morgan fingerprint density at radius 1 is 1.27 bits per heavy atom. The Labute approximate surface area is 132 Å². The Morgan fingerprint density at radius 2 is 1.86 bits per heavy atom. The number of likely N-dealkylation sites (tertiary alicyclic amines) is 1. The zero-order valence-electron chi connectivity index (χ0n) is 13.6. The van der Waals surface area contributed by atoms with E-state index < -0.39 is 17.9 Å². The lowest BCUT2D eigenvalue weighted by Crippen LogP contribution is -2.51. The molecule has 0 radical (unpaired) electrons. The molecule has 0 aromatic heterocycles. The van der Waals surface area contributed by atoms with E-state index in [-0.39, 0.29) is 5.41 Å². The second kappa shape index (κ2) is 5.27. The highest BCUT2D eigenvalue weighted by Gasteiger charge is 2.45. The standard InChI is InChI=1S/C18H25NO3/c1-17(2,3)22-16(21)19-9-8-18(12-15(19)20)10-13-6-4-5-7-14(13)11-18/h4-7,15,20H,8-12H2,1-3H3. The lowest BCUT2D eigenvalue weighted by Gasteiger charge is -2.42. The number of benzene rings is 1. The van der Waals surface area contributed by atoms with Gasteiger partial charge in [0.1, 0.15) is 11.8 Å². The Morgan fingerprint density at radius 3 is 2.36 bits per heavy atom. The molecule has 1 amide bonds. The number of hydrogen-bond acceptors (Lipinski definition) is 3. The van der Waals surface area contributed by atoms with Crippen LogP contribution in [0, 0.1) is 5.41 Å². The lowest BCUT2D eigenvalue weighted by molar-refractivity contribution is -0.0758. The van der Waals surface area contributed by atoms with E-state index in [2.05, 4.69) is 24.3 Å². The molecule has 1 saturated heterocycles.